The van der Waals surface area contributed by atoms with E-state index in [0.29, 0.717) is 0 Å². The first-order valence-electron chi connectivity index (χ1n) is 9.29. The van der Waals surface area contributed by atoms with Gasteiger partial charge >= 0.3 is 12.1 Å². The third-order valence-electron chi connectivity index (χ3n) is 4.37. The highest BCUT2D eigenvalue weighted by Gasteiger charge is 2.29. The molecule has 0 bridgehead atoms. The Labute approximate surface area is 161 Å². The van der Waals surface area contributed by atoms with Crippen molar-refractivity contribution in [3.05, 3.63) is 35.9 Å². The van der Waals surface area contributed by atoms with E-state index >= 15 is 0 Å². The molecule has 1 rings (SSSR count). The molecule has 27 heavy (non-hydrogen) atoms. The van der Waals surface area contributed by atoms with Crippen molar-refractivity contribution in [3.8, 4) is 5.75 Å². The SMILES string of the molecule is CCCCCC(CC)(CC)OC(=O)C=Cc1ccc(OC)cc1.O=C(O)O. The van der Waals surface area contributed by atoms with E-state index in [1.807, 2.05) is 24.3 Å². The minimum atomic E-state index is -1.83. The maximum Gasteiger partial charge on any atom is 0.503 e. The molecular formula is C21H32O6. The Morgan fingerprint density at radius 2 is 1.59 bits per heavy atom. The highest BCUT2D eigenvalue weighted by Crippen LogP contribution is 2.28. The van der Waals surface area contributed by atoms with Crippen LogP contribution in [0.5, 0.6) is 5.75 Å². The first-order chi connectivity index (χ1) is 12.8. The van der Waals surface area contributed by atoms with E-state index in [1.54, 1.807) is 13.2 Å². The number of ether oxygens (including phenoxy) is 2. The molecule has 152 valence electrons. The minimum absolute atomic E-state index is 0.263. The molecule has 0 aliphatic rings. The quantitative estimate of drug-likeness (QED) is 0.311. The molecule has 0 spiro atoms. The fourth-order valence-corrected chi connectivity index (χ4v) is 2.62. The zero-order valence-electron chi connectivity index (χ0n) is 16.7. The Morgan fingerprint density at radius 3 is 2.04 bits per heavy atom. The van der Waals surface area contributed by atoms with Gasteiger partial charge in [-0.05, 0) is 49.5 Å². The van der Waals surface area contributed by atoms with Crippen molar-refractivity contribution < 1.29 is 29.3 Å². The van der Waals surface area contributed by atoms with Crippen LogP contribution in [0.25, 0.3) is 6.08 Å². The molecule has 1 aromatic rings. The summed E-state index contributed by atoms with van der Waals surface area (Å²) in [4.78, 5) is 20.7. The first-order valence-corrected chi connectivity index (χ1v) is 9.29. The molecule has 0 aliphatic carbocycles. The van der Waals surface area contributed by atoms with Gasteiger partial charge in [0.15, 0.2) is 0 Å². The molecule has 1 aromatic carbocycles. The number of carbonyl (C=O) groups excluding carboxylic acids is 1. The van der Waals surface area contributed by atoms with E-state index in [0.717, 1.165) is 37.0 Å². The summed E-state index contributed by atoms with van der Waals surface area (Å²) < 4.78 is 10.9. The van der Waals surface area contributed by atoms with Crippen LogP contribution in [0.4, 0.5) is 4.79 Å². The Balaban J connectivity index is 0.00000153. The molecule has 0 atom stereocenters. The van der Waals surface area contributed by atoms with Crippen molar-refractivity contribution >= 4 is 18.2 Å². The van der Waals surface area contributed by atoms with Crippen LogP contribution in [-0.2, 0) is 9.53 Å². The number of rotatable bonds is 10. The van der Waals surface area contributed by atoms with Crippen LogP contribution in [0.1, 0.15) is 64.9 Å². The van der Waals surface area contributed by atoms with Gasteiger partial charge in [-0.3, -0.25) is 0 Å². The summed E-state index contributed by atoms with van der Waals surface area (Å²) in [5, 5.41) is 13.9. The molecule has 0 amide bonds. The van der Waals surface area contributed by atoms with Gasteiger partial charge in [-0.15, -0.1) is 0 Å². The summed E-state index contributed by atoms with van der Waals surface area (Å²) in [6.45, 7) is 6.37. The average molecular weight is 380 g/mol. The Morgan fingerprint density at radius 1 is 1.04 bits per heavy atom. The Hall–Kier alpha value is -2.50. The molecule has 0 unspecified atom stereocenters. The van der Waals surface area contributed by atoms with Gasteiger partial charge in [-0.2, -0.15) is 0 Å². The molecule has 0 saturated carbocycles. The van der Waals surface area contributed by atoms with Gasteiger partial charge in [0.05, 0.1) is 7.11 Å². The summed E-state index contributed by atoms with van der Waals surface area (Å²) in [6.07, 6.45) is 7.58. The van der Waals surface area contributed by atoms with Gasteiger partial charge in [0.25, 0.3) is 0 Å². The van der Waals surface area contributed by atoms with Gasteiger partial charge in [0.1, 0.15) is 11.4 Å². The van der Waals surface area contributed by atoms with E-state index < -0.39 is 6.16 Å². The van der Waals surface area contributed by atoms with E-state index in [-0.39, 0.29) is 11.6 Å². The van der Waals surface area contributed by atoms with Crippen molar-refractivity contribution in [2.75, 3.05) is 7.11 Å². The van der Waals surface area contributed by atoms with Crippen LogP contribution in [0.3, 0.4) is 0 Å². The Bertz CT molecular complexity index is 569. The van der Waals surface area contributed by atoms with Crippen molar-refractivity contribution in [3.63, 3.8) is 0 Å². The van der Waals surface area contributed by atoms with Crippen molar-refractivity contribution in [2.45, 2.75) is 64.9 Å². The number of hydrogen-bond donors (Lipinski definition) is 2. The van der Waals surface area contributed by atoms with Gasteiger partial charge in [0, 0.05) is 6.08 Å². The zero-order chi connectivity index (χ0) is 20.7. The molecule has 0 heterocycles. The number of carbonyl (C=O) groups is 2. The second kappa shape index (κ2) is 13.7. The fourth-order valence-electron chi connectivity index (χ4n) is 2.62. The summed E-state index contributed by atoms with van der Waals surface area (Å²) >= 11 is 0. The number of methoxy groups -OCH3 is 1. The monoisotopic (exact) mass is 380 g/mol. The number of benzene rings is 1. The van der Waals surface area contributed by atoms with Gasteiger partial charge < -0.3 is 19.7 Å². The molecule has 0 saturated heterocycles. The van der Waals surface area contributed by atoms with Crippen LogP contribution < -0.4 is 4.74 Å². The van der Waals surface area contributed by atoms with E-state index in [1.165, 1.54) is 18.9 Å². The molecule has 0 aliphatic heterocycles. The van der Waals surface area contributed by atoms with E-state index in [2.05, 4.69) is 20.8 Å². The fraction of sp³-hybridized carbons (Fsp3) is 0.524. The smallest absolute Gasteiger partial charge is 0.497 e. The van der Waals surface area contributed by atoms with Crippen molar-refractivity contribution in [1.82, 2.24) is 0 Å². The Kier molecular flexibility index (Phi) is 12.4. The number of esters is 1. The number of hydrogen-bond acceptors (Lipinski definition) is 4. The van der Waals surface area contributed by atoms with Gasteiger partial charge in [-0.25, -0.2) is 9.59 Å². The number of unbranched alkanes of at least 4 members (excludes halogenated alkanes) is 2. The second-order valence-corrected chi connectivity index (χ2v) is 6.16. The average Bonchev–Trinajstić information content (AvgIpc) is 2.65. The lowest BCUT2D eigenvalue weighted by atomic mass is 9.90. The predicted molar refractivity (Wildman–Crippen MR) is 106 cm³/mol. The first kappa shape index (κ1) is 24.5. The molecule has 2 N–H and O–H groups in total. The molecular weight excluding hydrogens is 348 g/mol. The lowest BCUT2D eigenvalue weighted by Crippen LogP contribution is -2.33. The lowest BCUT2D eigenvalue weighted by molar-refractivity contribution is -0.155. The van der Waals surface area contributed by atoms with Crippen LogP contribution in [0.15, 0.2) is 30.3 Å². The lowest BCUT2D eigenvalue weighted by Gasteiger charge is -2.31. The van der Waals surface area contributed by atoms with Crippen LogP contribution in [0, 0.1) is 0 Å². The topological polar surface area (TPSA) is 93.1 Å². The van der Waals surface area contributed by atoms with E-state index in [4.69, 9.17) is 24.5 Å². The van der Waals surface area contributed by atoms with Gasteiger partial charge in [0.2, 0.25) is 0 Å². The zero-order valence-corrected chi connectivity index (χ0v) is 16.7. The molecule has 0 fully saturated rings. The summed E-state index contributed by atoms with van der Waals surface area (Å²) in [5.41, 5.74) is 0.628. The predicted octanol–water partition coefficient (Wildman–Crippen LogP) is 5.61. The molecule has 0 radical (unpaired) electrons. The molecule has 6 heteroatoms. The highest BCUT2D eigenvalue weighted by atomic mass is 16.6. The molecule has 0 aromatic heterocycles. The molecule has 6 nitrogen and oxygen atoms in total. The second-order valence-electron chi connectivity index (χ2n) is 6.16. The van der Waals surface area contributed by atoms with Crippen LogP contribution in [-0.4, -0.2) is 35.0 Å². The van der Waals surface area contributed by atoms with Crippen molar-refractivity contribution in [2.24, 2.45) is 0 Å². The normalized spacial score (nSPS) is 10.8. The van der Waals surface area contributed by atoms with Crippen LogP contribution in [0.2, 0.25) is 0 Å². The maximum atomic E-state index is 12.2. The third kappa shape index (κ3) is 10.9. The van der Waals surface area contributed by atoms with E-state index in [9.17, 15) is 4.79 Å². The van der Waals surface area contributed by atoms with Crippen LogP contribution >= 0.6 is 0 Å². The minimum Gasteiger partial charge on any atom is -0.497 e. The standard InChI is InChI=1S/C20H30O3.CH2O3/c1-5-8-9-16-20(6-2,7-3)23-19(21)15-12-17-10-13-18(22-4)14-11-17;2-1(3)4/h10-15H,5-9,16H2,1-4H3;(H2,2,3,4). The third-order valence-corrected chi connectivity index (χ3v) is 4.37. The maximum absolute atomic E-state index is 12.2. The largest absolute Gasteiger partial charge is 0.503 e. The van der Waals surface area contributed by atoms with Gasteiger partial charge in [-0.1, -0.05) is 45.7 Å². The summed E-state index contributed by atoms with van der Waals surface area (Å²) in [5.74, 6) is 0.539. The number of carboxylic acid groups (broad SMARTS) is 2. The van der Waals surface area contributed by atoms with Crippen molar-refractivity contribution in [1.29, 1.82) is 0 Å². The summed E-state index contributed by atoms with van der Waals surface area (Å²) in [7, 11) is 1.63. The highest BCUT2D eigenvalue weighted by molar-refractivity contribution is 5.87. The summed E-state index contributed by atoms with van der Waals surface area (Å²) in [6, 6.07) is 7.57.